The highest BCUT2D eigenvalue weighted by Gasteiger charge is 2.23. The van der Waals surface area contributed by atoms with Crippen molar-refractivity contribution in [2.45, 2.75) is 75.8 Å². The van der Waals surface area contributed by atoms with Gasteiger partial charge in [-0.05, 0) is 49.8 Å². The van der Waals surface area contributed by atoms with E-state index in [1.165, 1.54) is 25.7 Å². The van der Waals surface area contributed by atoms with Crippen molar-refractivity contribution in [3.05, 3.63) is 47.9 Å². The molecule has 8 nitrogen and oxygen atoms in total. The molecule has 0 saturated heterocycles. The minimum Gasteiger partial charge on any atom is -0.370 e. The second-order valence-electron chi connectivity index (χ2n) is 8.78. The Morgan fingerprint density at radius 3 is 2.58 bits per heavy atom. The minimum absolute atomic E-state index is 0.308. The first-order valence-electron chi connectivity index (χ1n) is 12.7. The molecule has 0 bridgehead atoms. The van der Waals surface area contributed by atoms with E-state index in [0.717, 1.165) is 54.1 Å². The second-order valence-corrected chi connectivity index (χ2v) is 9.92. The van der Waals surface area contributed by atoms with Crippen molar-refractivity contribution in [2.24, 2.45) is 0 Å². The van der Waals surface area contributed by atoms with Gasteiger partial charge in [-0.2, -0.15) is 0 Å². The number of rotatable bonds is 19. The van der Waals surface area contributed by atoms with E-state index in [9.17, 15) is 14.4 Å². The molecule has 0 saturated carbocycles. The van der Waals surface area contributed by atoms with Crippen LogP contribution in [0, 0.1) is 0 Å². The van der Waals surface area contributed by atoms with E-state index in [-0.39, 0.29) is 5.91 Å². The molecule has 196 valence electrons. The summed E-state index contributed by atoms with van der Waals surface area (Å²) in [5, 5.41) is 5.58. The Morgan fingerprint density at radius 2 is 1.89 bits per heavy atom. The van der Waals surface area contributed by atoms with Crippen molar-refractivity contribution in [1.82, 2.24) is 20.2 Å². The first kappa shape index (κ1) is 29.5. The number of likely N-dealkylation sites (N-methyl/N-ethyl adjacent to an activating group) is 1. The van der Waals surface area contributed by atoms with Crippen LogP contribution in [0.5, 0.6) is 0 Å². The predicted molar refractivity (Wildman–Crippen MR) is 145 cm³/mol. The number of nitrogens with zero attached hydrogens (tertiary/aromatic N) is 3. The Balaban J connectivity index is 1.76. The van der Waals surface area contributed by atoms with Gasteiger partial charge in [0.2, 0.25) is 12.3 Å². The summed E-state index contributed by atoms with van der Waals surface area (Å²) in [7, 11) is 1.86. The summed E-state index contributed by atoms with van der Waals surface area (Å²) in [5.41, 5.74) is 1.59. The molecule has 0 radical (unpaired) electrons. The lowest BCUT2D eigenvalue weighted by atomic mass is 10.1. The number of nitrogens with one attached hydrogen (secondary N) is 2. The Labute approximate surface area is 219 Å². The summed E-state index contributed by atoms with van der Waals surface area (Å²) >= 11 is 1.77. The molecule has 2 N–H and O–H groups in total. The van der Waals surface area contributed by atoms with Gasteiger partial charge in [0.1, 0.15) is 18.4 Å². The van der Waals surface area contributed by atoms with Gasteiger partial charge < -0.3 is 5.32 Å². The van der Waals surface area contributed by atoms with Gasteiger partial charge in [-0.25, -0.2) is 9.97 Å². The third-order valence-electron chi connectivity index (χ3n) is 6.02. The molecule has 1 aromatic heterocycles. The van der Waals surface area contributed by atoms with E-state index >= 15 is 0 Å². The van der Waals surface area contributed by atoms with Crippen LogP contribution in [-0.4, -0.2) is 58.9 Å². The number of imide groups is 1. The fourth-order valence-electron chi connectivity index (χ4n) is 4.06. The SMILES string of the molecule is CCCC(C(=O)NC=O)N(C)Cc1c(C=O)cccc1SCCCCCCCCNc1ccncn1. The summed E-state index contributed by atoms with van der Waals surface area (Å²) in [6.45, 7) is 3.40. The second kappa shape index (κ2) is 17.6. The number of aldehydes is 1. The number of hydrogen-bond acceptors (Lipinski definition) is 8. The number of carbonyl (C=O) groups excluding carboxylic acids is 3. The molecular weight excluding hydrogens is 474 g/mol. The molecule has 1 aromatic carbocycles. The van der Waals surface area contributed by atoms with E-state index in [0.29, 0.717) is 24.9 Å². The van der Waals surface area contributed by atoms with Crippen LogP contribution in [-0.2, 0) is 16.1 Å². The molecule has 0 aliphatic heterocycles. The molecule has 0 aliphatic carbocycles. The van der Waals surface area contributed by atoms with Gasteiger partial charge in [0.25, 0.3) is 0 Å². The lowest BCUT2D eigenvalue weighted by molar-refractivity contribution is -0.129. The predicted octanol–water partition coefficient (Wildman–Crippen LogP) is 4.71. The van der Waals surface area contributed by atoms with E-state index in [1.54, 1.807) is 24.3 Å². The Morgan fingerprint density at radius 1 is 1.11 bits per heavy atom. The summed E-state index contributed by atoms with van der Waals surface area (Å²) < 4.78 is 0. The molecule has 2 aromatic rings. The average molecular weight is 514 g/mol. The zero-order valence-corrected chi connectivity index (χ0v) is 22.3. The lowest BCUT2D eigenvalue weighted by Crippen LogP contribution is -2.44. The number of carbonyl (C=O) groups is 3. The number of anilines is 1. The first-order valence-corrected chi connectivity index (χ1v) is 13.7. The third-order valence-corrected chi connectivity index (χ3v) is 7.20. The molecule has 0 aliphatic rings. The number of benzene rings is 1. The van der Waals surface area contributed by atoms with Gasteiger partial charge in [0, 0.05) is 29.7 Å². The quantitative estimate of drug-likeness (QED) is 0.158. The maximum Gasteiger partial charge on any atom is 0.243 e. The number of aromatic nitrogens is 2. The van der Waals surface area contributed by atoms with Crippen molar-refractivity contribution in [3.63, 3.8) is 0 Å². The Bertz CT molecular complexity index is 929. The van der Waals surface area contributed by atoms with Crippen molar-refractivity contribution in [1.29, 1.82) is 0 Å². The van der Waals surface area contributed by atoms with Crippen molar-refractivity contribution in [3.8, 4) is 0 Å². The first-order chi connectivity index (χ1) is 17.6. The largest absolute Gasteiger partial charge is 0.370 e. The van der Waals surface area contributed by atoms with Crippen LogP contribution < -0.4 is 10.6 Å². The van der Waals surface area contributed by atoms with Gasteiger partial charge in [-0.1, -0.05) is 51.2 Å². The highest BCUT2D eigenvalue weighted by Crippen LogP contribution is 2.28. The fourth-order valence-corrected chi connectivity index (χ4v) is 5.16. The highest BCUT2D eigenvalue weighted by molar-refractivity contribution is 7.99. The number of unbranched alkanes of at least 4 members (excludes halogenated alkanes) is 5. The van der Waals surface area contributed by atoms with Crippen LogP contribution in [0.4, 0.5) is 5.82 Å². The van der Waals surface area contributed by atoms with Crippen LogP contribution in [0.3, 0.4) is 0 Å². The number of amides is 2. The molecule has 36 heavy (non-hydrogen) atoms. The standard InChI is InChI=1S/C27H39N5O3S/c1-3-11-24(27(35)31-21-34)32(2)18-23-22(19-33)12-10-13-25(23)36-17-9-7-5-4-6-8-15-29-26-14-16-28-20-30-26/h10,12-14,16,19-21,24H,3-9,11,15,17-18H2,1-2H3,(H,28,29,30)(H,31,34,35). The van der Waals surface area contributed by atoms with E-state index in [2.05, 4.69) is 20.6 Å². The highest BCUT2D eigenvalue weighted by atomic mass is 32.2. The number of hydrogen-bond donors (Lipinski definition) is 2. The van der Waals surface area contributed by atoms with Crippen LogP contribution in [0.2, 0.25) is 0 Å². The summed E-state index contributed by atoms with van der Waals surface area (Å²) in [6.07, 6.45) is 13.1. The van der Waals surface area contributed by atoms with Crippen molar-refractivity contribution < 1.29 is 14.4 Å². The zero-order chi connectivity index (χ0) is 26.0. The maximum absolute atomic E-state index is 12.4. The lowest BCUT2D eigenvalue weighted by Gasteiger charge is -2.27. The van der Waals surface area contributed by atoms with Crippen molar-refractivity contribution in [2.75, 3.05) is 24.7 Å². The minimum atomic E-state index is -0.422. The molecule has 9 heteroatoms. The maximum atomic E-state index is 12.4. The van der Waals surface area contributed by atoms with Crippen LogP contribution in [0.15, 0.2) is 41.7 Å². The Hall–Kier alpha value is -2.78. The monoisotopic (exact) mass is 513 g/mol. The van der Waals surface area contributed by atoms with Gasteiger partial charge in [-0.15, -0.1) is 11.8 Å². The van der Waals surface area contributed by atoms with E-state index in [4.69, 9.17) is 0 Å². The van der Waals surface area contributed by atoms with E-state index < -0.39 is 6.04 Å². The molecule has 1 heterocycles. The number of thioether (sulfide) groups is 1. The normalized spacial score (nSPS) is 11.8. The van der Waals surface area contributed by atoms with Crippen LogP contribution in [0.25, 0.3) is 0 Å². The van der Waals surface area contributed by atoms with Gasteiger partial charge >= 0.3 is 0 Å². The topological polar surface area (TPSA) is 104 Å². The van der Waals surface area contributed by atoms with Gasteiger partial charge in [0.15, 0.2) is 0 Å². The third kappa shape index (κ3) is 10.5. The zero-order valence-electron chi connectivity index (χ0n) is 21.4. The fraction of sp³-hybridized carbons (Fsp3) is 0.519. The molecule has 1 atom stereocenters. The van der Waals surface area contributed by atoms with Gasteiger partial charge in [-0.3, -0.25) is 24.6 Å². The van der Waals surface area contributed by atoms with Gasteiger partial charge in [0.05, 0.1) is 6.04 Å². The Kier molecular flexibility index (Phi) is 14.4. The summed E-state index contributed by atoms with van der Waals surface area (Å²) in [5.74, 6) is 1.55. The molecular formula is C27H39N5O3S. The van der Waals surface area contributed by atoms with E-state index in [1.807, 2.05) is 43.1 Å². The molecule has 2 amide bonds. The molecule has 0 fully saturated rings. The summed E-state index contributed by atoms with van der Waals surface area (Å²) in [4.78, 5) is 45.9. The smallest absolute Gasteiger partial charge is 0.243 e. The molecule has 1 unspecified atom stereocenters. The van der Waals surface area contributed by atoms with Crippen LogP contribution >= 0.6 is 11.8 Å². The summed E-state index contributed by atoms with van der Waals surface area (Å²) in [6, 6.07) is 7.23. The average Bonchev–Trinajstić information content (AvgIpc) is 2.89. The molecule has 2 rings (SSSR count). The molecule has 0 spiro atoms. The van der Waals surface area contributed by atoms with Crippen LogP contribution in [0.1, 0.15) is 74.2 Å². The van der Waals surface area contributed by atoms with Crippen molar-refractivity contribution >= 4 is 36.2 Å².